The van der Waals surface area contributed by atoms with Crippen LogP contribution in [-0.2, 0) is 16.6 Å². The smallest absolute Gasteiger partial charge is 0.314 e. The lowest BCUT2D eigenvalue weighted by atomic mass is 9.64. The molecule has 92 valence electrons. The zero-order valence-electron chi connectivity index (χ0n) is 9.85. The van der Waals surface area contributed by atoms with Gasteiger partial charge in [-0.15, -0.1) is 0 Å². The van der Waals surface area contributed by atoms with E-state index in [4.69, 9.17) is 5.11 Å². The van der Waals surface area contributed by atoms with Crippen molar-refractivity contribution in [1.29, 1.82) is 0 Å². The van der Waals surface area contributed by atoms with Gasteiger partial charge in [0, 0.05) is 6.61 Å². The second-order valence-corrected chi connectivity index (χ2v) is 4.76. The molecule has 0 spiro atoms. The molecule has 0 bridgehead atoms. The molecule has 0 heterocycles. The first-order valence-electron chi connectivity index (χ1n) is 6.13. The highest BCUT2D eigenvalue weighted by Gasteiger charge is 2.45. The van der Waals surface area contributed by atoms with Gasteiger partial charge in [0.15, 0.2) is 0 Å². The highest BCUT2D eigenvalue weighted by atomic mass is 16.4. The second-order valence-electron chi connectivity index (χ2n) is 4.76. The van der Waals surface area contributed by atoms with Crippen molar-refractivity contribution in [2.45, 2.75) is 37.5 Å². The Morgan fingerprint density at radius 3 is 2.29 bits per heavy atom. The zero-order valence-corrected chi connectivity index (χ0v) is 9.85. The van der Waals surface area contributed by atoms with Crippen molar-refractivity contribution < 1.29 is 15.0 Å². The maximum absolute atomic E-state index is 11.3. The fourth-order valence-corrected chi connectivity index (χ4v) is 2.43. The van der Waals surface area contributed by atoms with Gasteiger partial charge in [-0.05, 0) is 36.8 Å². The number of carboxylic acid groups (broad SMARTS) is 1. The molecule has 1 aromatic carbocycles. The van der Waals surface area contributed by atoms with Crippen molar-refractivity contribution >= 4 is 5.97 Å². The van der Waals surface area contributed by atoms with E-state index in [1.165, 1.54) is 0 Å². The fourth-order valence-electron chi connectivity index (χ4n) is 2.43. The molecule has 0 aliphatic heterocycles. The number of hydrogen-bond acceptors (Lipinski definition) is 2. The standard InChI is InChI=1S/C14H18O3/c15-10-1-3-11-4-6-12(7-5-11)14(13(16)17)8-2-9-14/h4-7,15H,1-3,8-10H2,(H,16,17). The third-order valence-corrected chi connectivity index (χ3v) is 3.75. The number of aliphatic carboxylic acids is 1. The van der Waals surface area contributed by atoms with Crippen molar-refractivity contribution in [3.63, 3.8) is 0 Å². The van der Waals surface area contributed by atoms with Crippen molar-refractivity contribution in [3.05, 3.63) is 35.4 Å². The summed E-state index contributed by atoms with van der Waals surface area (Å²) in [4.78, 5) is 11.3. The molecule has 0 unspecified atom stereocenters. The van der Waals surface area contributed by atoms with E-state index in [0.29, 0.717) is 0 Å². The van der Waals surface area contributed by atoms with Crippen molar-refractivity contribution in [3.8, 4) is 0 Å². The molecule has 0 atom stereocenters. The highest BCUT2D eigenvalue weighted by molar-refractivity contribution is 5.82. The van der Waals surface area contributed by atoms with Crippen molar-refractivity contribution in [2.24, 2.45) is 0 Å². The molecular weight excluding hydrogens is 216 g/mol. The largest absolute Gasteiger partial charge is 0.481 e. The summed E-state index contributed by atoms with van der Waals surface area (Å²) >= 11 is 0. The van der Waals surface area contributed by atoms with Gasteiger partial charge in [0.25, 0.3) is 0 Å². The maximum atomic E-state index is 11.3. The molecule has 3 heteroatoms. The average molecular weight is 234 g/mol. The summed E-state index contributed by atoms with van der Waals surface area (Å²) in [5.74, 6) is -0.702. The van der Waals surface area contributed by atoms with Gasteiger partial charge in [0.1, 0.15) is 0 Å². The van der Waals surface area contributed by atoms with E-state index < -0.39 is 11.4 Å². The maximum Gasteiger partial charge on any atom is 0.314 e. The normalized spacial score (nSPS) is 17.5. The third-order valence-electron chi connectivity index (χ3n) is 3.75. The summed E-state index contributed by atoms with van der Waals surface area (Å²) in [5, 5.41) is 18.1. The van der Waals surface area contributed by atoms with Crippen LogP contribution in [0, 0.1) is 0 Å². The Hall–Kier alpha value is -1.35. The Morgan fingerprint density at radius 1 is 1.24 bits per heavy atom. The van der Waals surface area contributed by atoms with E-state index in [1.54, 1.807) is 0 Å². The van der Waals surface area contributed by atoms with Crippen LogP contribution in [-0.4, -0.2) is 22.8 Å². The Balaban J connectivity index is 2.14. The summed E-state index contributed by atoms with van der Waals surface area (Å²) in [5.41, 5.74) is 1.45. The number of benzene rings is 1. The quantitative estimate of drug-likeness (QED) is 0.820. The number of aryl methyl sites for hydroxylation is 1. The minimum absolute atomic E-state index is 0.195. The van der Waals surface area contributed by atoms with Crippen LogP contribution in [0.3, 0.4) is 0 Å². The Kier molecular flexibility index (Phi) is 3.48. The molecule has 0 aromatic heterocycles. The molecule has 0 radical (unpaired) electrons. The SMILES string of the molecule is O=C(O)C1(c2ccc(CCCO)cc2)CCC1. The topological polar surface area (TPSA) is 57.5 Å². The van der Waals surface area contributed by atoms with Crippen LogP contribution in [0.15, 0.2) is 24.3 Å². The van der Waals surface area contributed by atoms with E-state index in [0.717, 1.165) is 43.2 Å². The lowest BCUT2D eigenvalue weighted by molar-refractivity contribution is -0.147. The highest BCUT2D eigenvalue weighted by Crippen LogP contribution is 2.43. The Morgan fingerprint density at radius 2 is 1.88 bits per heavy atom. The average Bonchev–Trinajstić information content (AvgIpc) is 2.26. The minimum atomic E-state index is -0.702. The van der Waals surface area contributed by atoms with Gasteiger partial charge in [-0.3, -0.25) is 4.79 Å². The van der Waals surface area contributed by atoms with Crippen molar-refractivity contribution in [2.75, 3.05) is 6.61 Å². The van der Waals surface area contributed by atoms with Crippen LogP contribution in [0.2, 0.25) is 0 Å². The van der Waals surface area contributed by atoms with Crippen LogP contribution in [0.25, 0.3) is 0 Å². The van der Waals surface area contributed by atoms with Crippen LogP contribution in [0.1, 0.15) is 36.8 Å². The molecule has 1 saturated carbocycles. The first-order chi connectivity index (χ1) is 8.19. The fraction of sp³-hybridized carbons (Fsp3) is 0.500. The van der Waals surface area contributed by atoms with E-state index >= 15 is 0 Å². The molecule has 17 heavy (non-hydrogen) atoms. The molecule has 3 nitrogen and oxygen atoms in total. The minimum Gasteiger partial charge on any atom is -0.481 e. The summed E-state index contributed by atoms with van der Waals surface area (Å²) < 4.78 is 0. The molecule has 1 aromatic rings. The van der Waals surface area contributed by atoms with E-state index in [9.17, 15) is 9.90 Å². The van der Waals surface area contributed by atoms with E-state index in [1.807, 2.05) is 24.3 Å². The zero-order chi connectivity index (χ0) is 12.3. The lowest BCUT2D eigenvalue weighted by Gasteiger charge is -2.38. The van der Waals surface area contributed by atoms with Gasteiger partial charge in [-0.25, -0.2) is 0 Å². The van der Waals surface area contributed by atoms with Gasteiger partial charge in [0.2, 0.25) is 0 Å². The van der Waals surface area contributed by atoms with Crippen molar-refractivity contribution in [1.82, 2.24) is 0 Å². The molecule has 0 saturated heterocycles. The molecule has 2 N–H and O–H groups in total. The van der Waals surface area contributed by atoms with Crippen LogP contribution >= 0.6 is 0 Å². The summed E-state index contributed by atoms with van der Waals surface area (Å²) in [7, 11) is 0. The third kappa shape index (κ3) is 2.20. The first-order valence-corrected chi connectivity index (χ1v) is 6.13. The van der Waals surface area contributed by atoms with Gasteiger partial charge >= 0.3 is 5.97 Å². The van der Waals surface area contributed by atoms with Gasteiger partial charge in [-0.1, -0.05) is 30.7 Å². The Labute approximate surface area is 101 Å². The van der Waals surface area contributed by atoms with Gasteiger partial charge < -0.3 is 10.2 Å². The predicted octanol–water partition coefficient (Wildman–Crippen LogP) is 2.12. The number of carbonyl (C=O) groups is 1. The predicted molar refractivity (Wildman–Crippen MR) is 65.0 cm³/mol. The number of carboxylic acids is 1. The summed E-state index contributed by atoms with van der Waals surface area (Å²) in [6.07, 6.45) is 4.09. The number of aliphatic hydroxyl groups excluding tert-OH is 1. The lowest BCUT2D eigenvalue weighted by Crippen LogP contribution is -2.42. The molecule has 1 fully saturated rings. The molecular formula is C14H18O3. The van der Waals surface area contributed by atoms with E-state index in [-0.39, 0.29) is 6.61 Å². The summed E-state index contributed by atoms with van der Waals surface area (Å²) in [6, 6.07) is 7.82. The monoisotopic (exact) mass is 234 g/mol. The summed E-state index contributed by atoms with van der Waals surface area (Å²) in [6.45, 7) is 0.195. The second kappa shape index (κ2) is 4.88. The van der Waals surface area contributed by atoms with Crippen LogP contribution < -0.4 is 0 Å². The molecule has 2 rings (SSSR count). The number of aliphatic hydroxyl groups is 1. The Bertz CT molecular complexity index is 390. The molecule has 0 amide bonds. The van der Waals surface area contributed by atoms with Gasteiger partial charge in [-0.2, -0.15) is 0 Å². The van der Waals surface area contributed by atoms with Crippen LogP contribution in [0.4, 0.5) is 0 Å². The molecule has 1 aliphatic carbocycles. The van der Waals surface area contributed by atoms with E-state index in [2.05, 4.69) is 0 Å². The molecule has 1 aliphatic rings. The number of rotatable bonds is 5. The first kappa shape index (κ1) is 12.1. The number of hydrogen-bond donors (Lipinski definition) is 2. The van der Waals surface area contributed by atoms with Gasteiger partial charge in [0.05, 0.1) is 5.41 Å². The van der Waals surface area contributed by atoms with Crippen LogP contribution in [0.5, 0.6) is 0 Å².